The molecule has 0 fully saturated rings. The van der Waals surface area contributed by atoms with Crippen molar-refractivity contribution in [1.82, 2.24) is 4.98 Å². The quantitative estimate of drug-likeness (QED) is 0.598. The molecule has 1 rings (SSSR count). The topological polar surface area (TPSA) is 88.3 Å². The van der Waals surface area contributed by atoms with Gasteiger partial charge in [0.25, 0.3) is 5.69 Å². The predicted octanol–water partition coefficient (Wildman–Crippen LogP) is 2.12. The zero-order valence-electron chi connectivity index (χ0n) is 10.9. The lowest BCUT2D eigenvalue weighted by Gasteiger charge is -2.24. The maximum Gasteiger partial charge on any atom is 0.290 e. The van der Waals surface area contributed by atoms with E-state index in [1.807, 2.05) is 13.8 Å². The van der Waals surface area contributed by atoms with Gasteiger partial charge in [-0.15, -0.1) is 0 Å². The van der Waals surface area contributed by atoms with Crippen LogP contribution in [0.15, 0.2) is 12.3 Å². The minimum absolute atomic E-state index is 0.0233. The SMILES string of the molecule is Cc1cc(NCC(C)(C)CCO)ncc1[N+](=O)[O-]. The van der Waals surface area contributed by atoms with Crippen LogP contribution in [0.4, 0.5) is 11.5 Å². The lowest BCUT2D eigenvalue weighted by atomic mass is 9.90. The van der Waals surface area contributed by atoms with Crippen LogP contribution in [-0.4, -0.2) is 28.2 Å². The normalized spacial score (nSPS) is 11.3. The predicted molar refractivity (Wildman–Crippen MR) is 69.6 cm³/mol. The minimum Gasteiger partial charge on any atom is -0.396 e. The van der Waals surface area contributed by atoms with E-state index in [9.17, 15) is 10.1 Å². The van der Waals surface area contributed by atoms with Crippen LogP contribution in [0.3, 0.4) is 0 Å². The molecular formula is C12H19N3O3. The Hall–Kier alpha value is -1.69. The van der Waals surface area contributed by atoms with Crippen LogP contribution in [-0.2, 0) is 0 Å². The van der Waals surface area contributed by atoms with E-state index in [4.69, 9.17) is 5.11 Å². The molecule has 0 amide bonds. The maximum atomic E-state index is 10.7. The third-order valence-electron chi connectivity index (χ3n) is 2.82. The molecule has 1 heterocycles. The number of aryl methyl sites for hydroxylation is 1. The van der Waals surface area contributed by atoms with Gasteiger partial charge in [-0.05, 0) is 24.8 Å². The van der Waals surface area contributed by atoms with Crippen LogP contribution in [0.25, 0.3) is 0 Å². The second kappa shape index (κ2) is 5.77. The molecule has 0 unspecified atom stereocenters. The molecule has 0 aromatic carbocycles. The van der Waals surface area contributed by atoms with Crippen molar-refractivity contribution in [3.05, 3.63) is 27.9 Å². The van der Waals surface area contributed by atoms with E-state index in [0.717, 1.165) is 0 Å². The van der Waals surface area contributed by atoms with Crippen LogP contribution in [0.1, 0.15) is 25.8 Å². The number of nitro groups is 1. The standard InChI is InChI=1S/C12H19N3O3/c1-9-6-11(13-7-10(9)15(17)18)14-8-12(2,3)4-5-16/h6-7,16H,4-5,8H2,1-3H3,(H,13,14). The van der Waals surface area contributed by atoms with Crippen molar-refractivity contribution in [3.8, 4) is 0 Å². The van der Waals surface area contributed by atoms with Crippen molar-refractivity contribution >= 4 is 11.5 Å². The number of anilines is 1. The second-order valence-electron chi connectivity index (χ2n) is 5.10. The van der Waals surface area contributed by atoms with Gasteiger partial charge in [-0.1, -0.05) is 13.8 Å². The number of aliphatic hydroxyl groups is 1. The average molecular weight is 253 g/mol. The van der Waals surface area contributed by atoms with Gasteiger partial charge in [0.1, 0.15) is 12.0 Å². The highest BCUT2D eigenvalue weighted by Gasteiger charge is 2.17. The number of hydrogen-bond acceptors (Lipinski definition) is 5. The van der Waals surface area contributed by atoms with Gasteiger partial charge in [0, 0.05) is 18.7 Å². The Kier molecular flexibility index (Phi) is 4.61. The molecule has 0 radical (unpaired) electrons. The molecule has 6 heteroatoms. The van der Waals surface area contributed by atoms with E-state index in [1.165, 1.54) is 6.20 Å². The molecule has 6 nitrogen and oxygen atoms in total. The van der Waals surface area contributed by atoms with Gasteiger partial charge in [-0.2, -0.15) is 0 Å². The first-order chi connectivity index (χ1) is 8.35. The molecule has 100 valence electrons. The average Bonchev–Trinajstić information content (AvgIpc) is 2.26. The van der Waals surface area contributed by atoms with Gasteiger partial charge in [0.05, 0.1) is 4.92 Å². The van der Waals surface area contributed by atoms with Crippen LogP contribution in [0, 0.1) is 22.5 Å². The highest BCUT2D eigenvalue weighted by molar-refractivity contribution is 5.46. The largest absolute Gasteiger partial charge is 0.396 e. The summed E-state index contributed by atoms with van der Waals surface area (Å²) in [5.74, 6) is 0.615. The van der Waals surface area contributed by atoms with Crippen LogP contribution >= 0.6 is 0 Å². The van der Waals surface area contributed by atoms with Crippen molar-refractivity contribution in [3.63, 3.8) is 0 Å². The van der Waals surface area contributed by atoms with Crippen molar-refractivity contribution in [2.24, 2.45) is 5.41 Å². The van der Waals surface area contributed by atoms with Gasteiger partial charge in [0.15, 0.2) is 0 Å². The van der Waals surface area contributed by atoms with E-state index < -0.39 is 4.92 Å². The molecule has 0 aliphatic carbocycles. The number of hydrogen-bond donors (Lipinski definition) is 2. The van der Waals surface area contributed by atoms with Gasteiger partial charge >= 0.3 is 0 Å². The maximum absolute atomic E-state index is 10.7. The Morgan fingerprint density at radius 3 is 2.72 bits per heavy atom. The Morgan fingerprint density at radius 1 is 1.56 bits per heavy atom. The minimum atomic E-state index is -0.443. The zero-order valence-corrected chi connectivity index (χ0v) is 10.9. The summed E-state index contributed by atoms with van der Waals surface area (Å²) in [4.78, 5) is 14.2. The molecule has 0 aliphatic heterocycles. The molecule has 1 aromatic rings. The van der Waals surface area contributed by atoms with Gasteiger partial charge in [-0.3, -0.25) is 10.1 Å². The first kappa shape index (κ1) is 14.4. The Balaban J connectivity index is 2.70. The number of nitrogens with zero attached hydrogens (tertiary/aromatic N) is 2. The highest BCUT2D eigenvalue weighted by atomic mass is 16.6. The molecule has 18 heavy (non-hydrogen) atoms. The summed E-state index contributed by atoms with van der Waals surface area (Å²) in [6.45, 7) is 6.55. The van der Waals surface area contributed by atoms with E-state index in [2.05, 4.69) is 10.3 Å². The highest BCUT2D eigenvalue weighted by Crippen LogP contribution is 2.22. The molecule has 1 aromatic heterocycles. The lowest BCUT2D eigenvalue weighted by molar-refractivity contribution is -0.385. The fraction of sp³-hybridized carbons (Fsp3) is 0.583. The number of aliphatic hydroxyl groups excluding tert-OH is 1. The van der Waals surface area contributed by atoms with Crippen LogP contribution < -0.4 is 5.32 Å². The summed E-state index contributed by atoms with van der Waals surface area (Å²) in [5, 5.41) is 22.7. The van der Waals surface area contributed by atoms with E-state index in [-0.39, 0.29) is 17.7 Å². The zero-order chi connectivity index (χ0) is 13.8. The Morgan fingerprint density at radius 2 is 2.22 bits per heavy atom. The molecule has 0 atom stereocenters. The summed E-state index contributed by atoms with van der Waals surface area (Å²) in [6.07, 6.45) is 1.95. The summed E-state index contributed by atoms with van der Waals surface area (Å²) in [7, 11) is 0. The van der Waals surface area contributed by atoms with E-state index in [1.54, 1.807) is 13.0 Å². The van der Waals surface area contributed by atoms with Crippen molar-refractivity contribution < 1.29 is 10.0 Å². The molecule has 0 bridgehead atoms. The third-order valence-corrected chi connectivity index (χ3v) is 2.82. The van der Waals surface area contributed by atoms with Crippen LogP contribution in [0.5, 0.6) is 0 Å². The van der Waals surface area contributed by atoms with E-state index in [0.29, 0.717) is 24.3 Å². The number of pyridine rings is 1. The second-order valence-corrected chi connectivity index (χ2v) is 5.10. The van der Waals surface area contributed by atoms with Crippen molar-refractivity contribution in [2.75, 3.05) is 18.5 Å². The van der Waals surface area contributed by atoms with Gasteiger partial charge < -0.3 is 10.4 Å². The molecule has 0 saturated heterocycles. The monoisotopic (exact) mass is 253 g/mol. The fourth-order valence-electron chi connectivity index (χ4n) is 1.56. The number of nitrogens with one attached hydrogen (secondary N) is 1. The summed E-state index contributed by atoms with van der Waals surface area (Å²) in [6, 6.07) is 1.66. The first-order valence-corrected chi connectivity index (χ1v) is 5.81. The lowest BCUT2D eigenvalue weighted by Crippen LogP contribution is -2.24. The van der Waals surface area contributed by atoms with Crippen molar-refractivity contribution in [1.29, 1.82) is 0 Å². The first-order valence-electron chi connectivity index (χ1n) is 5.81. The summed E-state index contributed by atoms with van der Waals surface area (Å²) >= 11 is 0. The van der Waals surface area contributed by atoms with Crippen molar-refractivity contribution in [2.45, 2.75) is 27.2 Å². The van der Waals surface area contributed by atoms with Gasteiger partial charge in [-0.25, -0.2) is 4.98 Å². The molecule has 0 aliphatic rings. The molecule has 0 spiro atoms. The number of rotatable bonds is 6. The Labute approximate surface area is 106 Å². The third kappa shape index (κ3) is 3.96. The summed E-state index contributed by atoms with van der Waals surface area (Å²) in [5.41, 5.74) is 0.555. The van der Waals surface area contributed by atoms with Crippen LogP contribution in [0.2, 0.25) is 0 Å². The summed E-state index contributed by atoms with van der Waals surface area (Å²) < 4.78 is 0. The fourth-order valence-corrected chi connectivity index (χ4v) is 1.56. The molecular weight excluding hydrogens is 234 g/mol. The van der Waals surface area contributed by atoms with E-state index >= 15 is 0 Å². The molecule has 2 N–H and O–H groups in total. The Bertz CT molecular complexity index is 433. The molecule has 0 saturated carbocycles. The smallest absolute Gasteiger partial charge is 0.290 e. The van der Waals surface area contributed by atoms with Gasteiger partial charge in [0.2, 0.25) is 0 Å². The number of aromatic nitrogens is 1.